The monoisotopic (exact) mass is 438 g/mol. The van der Waals surface area contributed by atoms with Crippen LogP contribution in [0.3, 0.4) is 0 Å². The second-order valence-corrected chi connectivity index (χ2v) is 9.09. The molecule has 0 saturated carbocycles. The number of hydrogen-bond acceptors (Lipinski definition) is 5. The van der Waals surface area contributed by atoms with Crippen molar-refractivity contribution in [1.29, 1.82) is 0 Å². The lowest BCUT2D eigenvalue weighted by molar-refractivity contribution is -0.120. The van der Waals surface area contributed by atoms with Gasteiger partial charge in [-0.25, -0.2) is 8.42 Å². The number of carbonyl (C=O) groups is 1. The number of benzene rings is 3. The van der Waals surface area contributed by atoms with E-state index in [1.54, 1.807) is 42.5 Å². The maximum absolute atomic E-state index is 13.3. The highest BCUT2D eigenvalue weighted by atomic mass is 32.2. The average molecular weight is 439 g/mol. The predicted octanol–water partition coefficient (Wildman–Crippen LogP) is 4.13. The fourth-order valence-corrected chi connectivity index (χ4v) is 4.80. The first kappa shape index (κ1) is 22.4. The molecule has 6 nitrogen and oxygen atoms in total. The van der Waals surface area contributed by atoms with Crippen molar-refractivity contribution in [2.24, 2.45) is 0 Å². The number of rotatable bonds is 8. The zero-order chi connectivity index (χ0) is 22.4. The smallest absolute Gasteiger partial charge is 0.239 e. The van der Waals surface area contributed by atoms with Gasteiger partial charge in [0.2, 0.25) is 15.7 Å². The third-order valence-corrected chi connectivity index (χ3v) is 6.77. The molecule has 1 unspecified atom stereocenters. The fraction of sp³-hybridized carbons (Fsp3) is 0.208. The predicted molar refractivity (Wildman–Crippen MR) is 121 cm³/mol. The summed E-state index contributed by atoms with van der Waals surface area (Å²) in [5, 5.41) is 5.87. The Balaban J connectivity index is 1.82. The highest BCUT2D eigenvalue weighted by Gasteiger charge is 2.26. The second-order valence-electron chi connectivity index (χ2n) is 7.21. The first-order valence-corrected chi connectivity index (χ1v) is 11.4. The molecule has 7 heteroatoms. The molecule has 1 amide bonds. The van der Waals surface area contributed by atoms with E-state index in [-0.39, 0.29) is 34.0 Å². The summed E-state index contributed by atoms with van der Waals surface area (Å²) in [6.45, 7) is 3.70. The lowest BCUT2D eigenvalue weighted by atomic mass is 10.1. The molecule has 3 aromatic rings. The third-order valence-electron chi connectivity index (χ3n) is 4.92. The summed E-state index contributed by atoms with van der Waals surface area (Å²) < 4.78 is 32.0. The summed E-state index contributed by atoms with van der Waals surface area (Å²) in [5.74, 6) is -0.0403. The number of hydrogen-bond donors (Lipinski definition) is 2. The van der Waals surface area contributed by atoms with Crippen LogP contribution in [0.1, 0.15) is 24.1 Å². The van der Waals surface area contributed by atoms with Gasteiger partial charge in [0.05, 0.1) is 30.3 Å². The molecule has 0 bridgehead atoms. The van der Waals surface area contributed by atoms with Crippen LogP contribution in [0, 0.1) is 6.92 Å². The highest BCUT2D eigenvalue weighted by molar-refractivity contribution is 7.91. The molecule has 162 valence electrons. The van der Waals surface area contributed by atoms with E-state index in [2.05, 4.69) is 10.6 Å². The molecule has 0 fully saturated rings. The Morgan fingerprint density at radius 3 is 2.29 bits per heavy atom. The minimum absolute atomic E-state index is 0.00487. The van der Waals surface area contributed by atoms with Crippen molar-refractivity contribution in [2.75, 3.05) is 19.0 Å². The largest absolute Gasteiger partial charge is 0.495 e. The number of methoxy groups -OCH3 is 1. The molecule has 0 aliphatic rings. The van der Waals surface area contributed by atoms with E-state index in [9.17, 15) is 13.2 Å². The van der Waals surface area contributed by atoms with Gasteiger partial charge in [-0.3, -0.25) is 4.79 Å². The maximum atomic E-state index is 13.3. The van der Waals surface area contributed by atoms with Crippen LogP contribution in [-0.4, -0.2) is 28.0 Å². The van der Waals surface area contributed by atoms with Crippen LogP contribution in [0.25, 0.3) is 0 Å². The lowest BCUT2D eigenvalue weighted by Gasteiger charge is -2.17. The molecule has 0 saturated heterocycles. The van der Waals surface area contributed by atoms with E-state index >= 15 is 0 Å². The Labute approximate surface area is 183 Å². The van der Waals surface area contributed by atoms with Crippen LogP contribution in [0.5, 0.6) is 5.75 Å². The minimum Gasteiger partial charge on any atom is -0.495 e. The Hall–Kier alpha value is -3.32. The quantitative estimate of drug-likeness (QED) is 0.553. The summed E-state index contributed by atoms with van der Waals surface area (Å²) in [6.07, 6.45) is 0. The fourth-order valence-electron chi connectivity index (χ4n) is 3.22. The highest BCUT2D eigenvalue weighted by Crippen LogP contribution is 2.35. The molecule has 31 heavy (non-hydrogen) atoms. The molecule has 3 rings (SSSR count). The van der Waals surface area contributed by atoms with E-state index in [4.69, 9.17) is 4.74 Å². The first-order chi connectivity index (χ1) is 14.8. The van der Waals surface area contributed by atoms with E-state index in [0.29, 0.717) is 5.69 Å². The van der Waals surface area contributed by atoms with Crippen molar-refractivity contribution in [3.63, 3.8) is 0 Å². The van der Waals surface area contributed by atoms with Crippen LogP contribution < -0.4 is 15.4 Å². The van der Waals surface area contributed by atoms with Crippen molar-refractivity contribution in [2.45, 2.75) is 29.7 Å². The third kappa shape index (κ3) is 5.24. The summed E-state index contributed by atoms with van der Waals surface area (Å²) in [6, 6.07) is 20.9. The van der Waals surface area contributed by atoms with Crippen molar-refractivity contribution in [1.82, 2.24) is 5.32 Å². The molecular weight excluding hydrogens is 412 g/mol. The van der Waals surface area contributed by atoms with Crippen molar-refractivity contribution in [3.05, 3.63) is 83.9 Å². The Kier molecular flexibility index (Phi) is 6.97. The van der Waals surface area contributed by atoms with Crippen molar-refractivity contribution in [3.8, 4) is 5.75 Å². The van der Waals surface area contributed by atoms with E-state index in [0.717, 1.165) is 11.1 Å². The Morgan fingerprint density at radius 1 is 0.968 bits per heavy atom. The number of anilines is 1. The summed E-state index contributed by atoms with van der Waals surface area (Å²) >= 11 is 0. The van der Waals surface area contributed by atoms with Gasteiger partial charge in [0.1, 0.15) is 10.6 Å². The van der Waals surface area contributed by atoms with Crippen molar-refractivity contribution < 1.29 is 17.9 Å². The number of nitrogens with one attached hydrogen (secondary N) is 2. The van der Waals surface area contributed by atoms with Crippen LogP contribution >= 0.6 is 0 Å². The number of ether oxygens (including phenoxy) is 1. The van der Waals surface area contributed by atoms with Crippen LogP contribution in [0.4, 0.5) is 5.69 Å². The molecule has 0 aromatic heterocycles. The molecule has 0 heterocycles. The summed E-state index contributed by atoms with van der Waals surface area (Å²) in [5.41, 5.74) is 2.25. The Morgan fingerprint density at radius 2 is 1.65 bits per heavy atom. The zero-order valence-corrected chi connectivity index (χ0v) is 18.6. The summed E-state index contributed by atoms with van der Waals surface area (Å²) in [7, 11) is -2.44. The second kappa shape index (κ2) is 9.66. The molecular formula is C24H26N2O4S. The average Bonchev–Trinajstić information content (AvgIpc) is 2.78. The normalized spacial score (nSPS) is 12.1. The van der Waals surface area contributed by atoms with E-state index in [1.165, 1.54) is 7.11 Å². The van der Waals surface area contributed by atoms with E-state index < -0.39 is 9.84 Å². The van der Waals surface area contributed by atoms with Gasteiger partial charge < -0.3 is 15.4 Å². The molecule has 0 aliphatic carbocycles. The molecule has 3 aromatic carbocycles. The Bertz CT molecular complexity index is 1140. The summed E-state index contributed by atoms with van der Waals surface area (Å²) in [4.78, 5) is 12.6. The molecule has 0 aliphatic heterocycles. The first-order valence-electron chi connectivity index (χ1n) is 9.90. The van der Waals surface area contributed by atoms with Crippen molar-refractivity contribution >= 4 is 21.4 Å². The van der Waals surface area contributed by atoms with Gasteiger partial charge in [-0.2, -0.15) is 0 Å². The van der Waals surface area contributed by atoms with Gasteiger partial charge in [0.25, 0.3) is 0 Å². The van der Waals surface area contributed by atoms with Crippen LogP contribution in [0.2, 0.25) is 0 Å². The van der Waals surface area contributed by atoms with Gasteiger partial charge in [0, 0.05) is 0 Å². The van der Waals surface area contributed by atoms with Crippen LogP contribution in [-0.2, 0) is 14.6 Å². The standard InChI is InChI=1S/C24H26N2O4S/c1-17-12-14-20(15-13-17)31(28,29)24-21(10-7-11-22(24)30-3)25-16-23(27)26-18(2)19-8-5-4-6-9-19/h4-15,18,25H,16H2,1-3H3,(H,26,27). The number of amides is 1. The SMILES string of the molecule is COc1cccc(NCC(=O)NC(C)c2ccccc2)c1S(=O)(=O)c1ccc(C)cc1. The van der Waals surface area contributed by atoms with Gasteiger partial charge in [-0.15, -0.1) is 0 Å². The number of carbonyl (C=O) groups excluding carboxylic acids is 1. The minimum atomic E-state index is -3.86. The van der Waals surface area contributed by atoms with Gasteiger partial charge >= 0.3 is 0 Å². The van der Waals surface area contributed by atoms with Crippen LogP contribution in [0.15, 0.2) is 82.6 Å². The topological polar surface area (TPSA) is 84.5 Å². The number of aryl methyl sites for hydroxylation is 1. The van der Waals surface area contributed by atoms with Gasteiger partial charge in [-0.1, -0.05) is 54.1 Å². The molecule has 1 atom stereocenters. The number of sulfone groups is 1. The zero-order valence-electron chi connectivity index (χ0n) is 17.8. The van der Waals surface area contributed by atoms with Gasteiger partial charge in [0.15, 0.2) is 0 Å². The molecule has 0 spiro atoms. The van der Waals surface area contributed by atoms with E-state index in [1.807, 2.05) is 44.2 Å². The van der Waals surface area contributed by atoms with Gasteiger partial charge in [-0.05, 0) is 43.7 Å². The lowest BCUT2D eigenvalue weighted by Crippen LogP contribution is -2.32. The molecule has 0 radical (unpaired) electrons. The molecule has 2 N–H and O–H groups in total. The maximum Gasteiger partial charge on any atom is 0.239 e.